The van der Waals surface area contributed by atoms with Gasteiger partial charge in [-0.3, -0.25) is 24.5 Å². The molecule has 0 radical (unpaired) electrons. The molecule has 0 aliphatic carbocycles. The molecule has 7 N–H and O–H groups in total. The lowest BCUT2D eigenvalue weighted by Gasteiger charge is -2.23. The van der Waals surface area contributed by atoms with Crippen LogP contribution in [0, 0.1) is 10.1 Å². The molecule has 0 fully saturated rings. The molecule has 0 aliphatic rings. The van der Waals surface area contributed by atoms with Crippen molar-refractivity contribution in [2.75, 3.05) is 5.75 Å². The highest BCUT2D eigenvalue weighted by Crippen LogP contribution is 2.16. The van der Waals surface area contributed by atoms with Crippen LogP contribution in [0.3, 0.4) is 0 Å². The van der Waals surface area contributed by atoms with Gasteiger partial charge in [-0.1, -0.05) is 42.5 Å². The molecule has 0 spiro atoms. The fourth-order valence-corrected chi connectivity index (χ4v) is 4.96. The van der Waals surface area contributed by atoms with Crippen LogP contribution in [0.2, 0.25) is 0 Å². The molecule has 3 aromatic carbocycles. The summed E-state index contributed by atoms with van der Waals surface area (Å²) in [6.45, 7) is -0.277. The van der Waals surface area contributed by atoms with Crippen molar-refractivity contribution in [1.82, 2.24) is 10.6 Å². The summed E-state index contributed by atoms with van der Waals surface area (Å²) < 4.78 is 5.24. The maximum absolute atomic E-state index is 13.4. The topological polar surface area (TPSA) is 217 Å². The number of esters is 1. The summed E-state index contributed by atoms with van der Waals surface area (Å²) in [5.41, 5.74) is 13.4. The lowest BCUT2D eigenvalue weighted by Crippen LogP contribution is -2.56. The molecule has 3 aromatic rings. The van der Waals surface area contributed by atoms with Crippen LogP contribution in [0.5, 0.6) is 5.75 Å². The van der Waals surface area contributed by atoms with Crippen LogP contribution < -0.4 is 22.1 Å². The van der Waals surface area contributed by atoms with Gasteiger partial charge >= 0.3 is 5.97 Å². The lowest BCUT2D eigenvalue weighted by molar-refractivity contribution is -0.384. The third-order valence-corrected chi connectivity index (χ3v) is 7.40. The van der Waals surface area contributed by atoms with Crippen LogP contribution in [-0.2, 0) is 42.7 Å². The Balaban J connectivity index is 1.68. The molecule has 232 valence electrons. The molecule has 3 atom stereocenters. The van der Waals surface area contributed by atoms with Gasteiger partial charge in [0.1, 0.15) is 24.4 Å². The molecule has 3 amide bonds. The Morgan fingerprint density at radius 2 is 1.48 bits per heavy atom. The third-order valence-electron chi connectivity index (χ3n) is 6.29. The van der Waals surface area contributed by atoms with Gasteiger partial charge in [0.15, 0.2) is 0 Å². The Hall–Kier alpha value is -4.95. The largest absolute Gasteiger partial charge is 0.508 e. The Bertz CT molecular complexity index is 1440. The average Bonchev–Trinajstić information content (AvgIpc) is 3.00. The monoisotopic (exact) mass is 623 g/mol. The highest BCUT2D eigenvalue weighted by atomic mass is 32.2. The molecule has 0 aliphatic heterocycles. The summed E-state index contributed by atoms with van der Waals surface area (Å²) >= 11 is 1.36. The van der Waals surface area contributed by atoms with Gasteiger partial charge in [-0.15, -0.1) is 0 Å². The van der Waals surface area contributed by atoms with Gasteiger partial charge in [0.05, 0.1) is 17.4 Å². The molecule has 14 heteroatoms. The number of nitro groups is 1. The van der Waals surface area contributed by atoms with Gasteiger partial charge in [0.2, 0.25) is 17.7 Å². The van der Waals surface area contributed by atoms with E-state index in [0.717, 1.165) is 5.56 Å². The van der Waals surface area contributed by atoms with Gasteiger partial charge in [-0.2, -0.15) is 11.8 Å². The van der Waals surface area contributed by atoms with Crippen LogP contribution >= 0.6 is 11.8 Å². The summed E-state index contributed by atoms with van der Waals surface area (Å²) in [7, 11) is 0. The van der Waals surface area contributed by atoms with Crippen molar-refractivity contribution in [3.63, 3.8) is 0 Å². The molecule has 0 saturated carbocycles. The first-order valence-electron chi connectivity index (χ1n) is 13.5. The van der Waals surface area contributed by atoms with E-state index in [1.165, 1.54) is 48.2 Å². The lowest BCUT2D eigenvalue weighted by atomic mass is 10.1. The Labute approximate surface area is 257 Å². The molecule has 0 saturated heterocycles. The van der Waals surface area contributed by atoms with E-state index in [2.05, 4.69) is 10.6 Å². The van der Waals surface area contributed by atoms with E-state index in [9.17, 15) is 34.4 Å². The summed E-state index contributed by atoms with van der Waals surface area (Å²) in [5, 5.41) is 25.4. The summed E-state index contributed by atoms with van der Waals surface area (Å²) in [6, 6.07) is 17.3. The first-order chi connectivity index (χ1) is 21.0. The molecule has 0 heterocycles. The molecule has 44 heavy (non-hydrogen) atoms. The van der Waals surface area contributed by atoms with Crippen LogP contribution in [0.4, 0.5) is 5.69 Å². The van der Waals surface area contributed by atoms with Crippen molar-refractivity contribution in [2.45, 2.75) is 43.3 Å². The number of aromatic hydroxyl groups is 1. The maximum atomic E-state index is 13.4. The van der Waals surface area contributed by atoms with Crippen molar-refractivity contribution < 1.29 is 33.9 Å². The molecule has 0 aromatic heterocycles. The smallest absolute Gasteiger partial charge is 0.329 e. The number of hydrogen-bond acceptors (Lipinski definition) is 10. The number of benzene rings is 3. The van der Waals surface area contributed by atoms with Crippen molar-refractivity contribution in [2.24, 2.45) is 11.5 Å². The maximum Gasteiger partial charge on any atom is 0.329 e. The van der Waals surface area contributed by atoms with E-state index in [1.807, 2.05) is 30.3 Å². The number of carbonyl (C=O) groups excluding carboxylic acids is 4. The second-order valence-corrected chi connectivity index (χ2v) is 10.8. The summed E-state index contributed by atoms with van der Waals surface area (Å²) in [6.07, 6.45) is -0.431. The Morgan fingerprint density at radius 3 is 2.09 bits per heavy atom. The van der Waals surface area contributed by atoms with Gasteiger partial charge in [0, 0.05) is 23.6 Å². The highest BCUT2D eigenvalue weighted by molar-refractivity contribution is 7.98. The number of amides is 3. The van der Waals surface area contributed by atoms with E-state index in [1.54, 1.807) is 12.1 Å². The number of ether oxygens (including phenoxy) is 1. The molecular weight excluding hydrogens is 590 g/mol. The molecule has 13 nitrogen and oxygen atoms in total. The van der Waals surface area contributed by atoms with E-state index in [-0.39, 0.29) is 30.2 Å². The van der Waals surface area contributed by atoms with Crippen LogP contribution in [-0.4, -0.2) is 57.6 Å². The zero-order valence-corrected chi connectivity index (χ0v) is 24.4. The second kappa shape index (κ2) is 16.6. The SMILES string of the molecule is NC(=O)C[C@H](NC(=O)[C@H](CSCc1ccccc1)NC(=O)[C@@H](N)Cc1ccc(O)cc1)C(=O)OCc1ccc([N+](=O)[O-])cc1. The van der Waals surface area contributed by atoms with Gasteiger partial charge in [-0.25, -0.2) is 4.79 Å². The normalized spacial score (nSPS) is 12.8. The predicted molar refractivity (Wildman–Crippen MR) is 163 cm³/mol. The number of nitrogens with one attached hydrogen (secondary N) is 2. The van der Waals surface area contributed by atoms with Crippen molar-refractivity contribution in [3.8, 4) is 5.75 Å². The number of phenols is 1. The minimum absolute atomic E-state index is 0.0655. The van der Waals surface area contributed by atoms with E-state index >= 15 is 0 Å². The fourth-order valence-electron chi connectivity index (χ4n) is 3.94. The number of nitro benzene ring substituents is 1. The van der Waals surface area contributed by atoms with Crippen LogP contribution in [0.25, 0.3) is 0 Å². The molecule has 0 unspecified atom stereocenters. The average molecular weight is 624 g/mol. The Morgan fingerprint density at radius 1 is 0.864 bits per heavy atom. The van der Waals surface area contributed by atoms with E-state index in [0.29, 0.717) is 16.9 Å². The third kappa shape index (κ3) is 11.0. The quantitative estimate of drug-likeness (QED) is 0.0883. The van der Waals surface area contributed by atoms with Crippen molar-refractivity contribution >= 4 is 41.1 Å². The van der Waals surface area contributed by atoms with Crippen molar-refractivity contribution in [1.29, 1.82) is 0 Å². The van der Waals surface area contributed by atoms with Gasteiger partial charge < -0.3 is 31.9 Å². The van der Waals surface area contributed by atoms with Crippen LogP contribution in [0.15, 0.2) is 78.9 Å². The number of non-ortho nitro benzene ring substituents is 1. The number of nitrogens with zero attached hydrogens (tertiary/aromatic N) is 1. The first kappa shape index (κ1) is 33.6. The standard InChI is InChI=1S/C30H33N5O8S/c31-24(14-19-8-12-23(36)13-9-19)28(38)34-26(18-44-17-21-4-2-1-3-5-21)29(39)33-25(15-27(32)37)30(40)43-16-20-6-10-22(11-7-20)35(41)42/h1-13,24-26,36H,14-18,31H2,(H2,32,37)(H,33,39)(H,34,38)/t24-,25-,26-/m0/s1. The minimum Gasteiger partial charge on any atom is -0.508 e. The number of rotatable bonds is 16. The summed E-state index contributed by atoms with van der Waals surface area (Å²) in [5.74, 6) is -2.50. The number of thioether (sulfide) groups is 1. The van der Waals surface area contributed by atoms with E-state index in [4.69, 9.17) is 16.2 Å². The first-order valence-corrected chi connectivity index (χ1v) is 14.6. The van der Waals surface area contributed by atoms with Gasteiger partial charge in [0.25, 0.3) is 5.69 Å². The molecule has 3 rings (SSSR count). The zero-order chi connectivity index (χ0) is 32.1. The number of phenolic OH excluding ortho intramolecular Hbond substituents is 1. The highest BCUT2D eigenvalue weighted by Gasteiger charge is 2.30. The van der Waals surface area contributed by atoms with Gasteiger partial charge in [-0.05, 0) is 47.4 Å². The fraction of sp³-hybridized carbons (Fsp3) is 0.267. The minimum atomic E-state index is -1.46. The van der Waals surface area contributed by atoms with E-state index < -0.39 is 53.2 Å². The molecule has 0 bridgehead atoms. The second-order valence-electron chi connectivity index (χ2n) is 9.80. The van der Waals surface area contributed by atoms with Crippen LogP contribution in [0.1, 0.15) is 23.1 Å². The molecular formula is C30H33N5O8S. The number of primary amides is 1. The number of nitrogens with two attached hydrogens (primary N) is 2. The number of carbonyl (C=O) groups is 4. The number of hydrogen-bond donors (Lipinski definition) is 5. The zero-order valence-electron chi connectivity index (χ0n) is 23.6. The van der Waals surface area contributed by atoms with Crippen molar-refractivity contribution in [3.05, 3.63) is 106 Å². The predicted octanol–water partition coefficient (Wildman–Crippen LogP) is 1.69. The summed E-state index contributed by atoms with van der Waals surface area (Å²) in [4.78, 5) is 61.3. The Kier molecular flexibility index (Phi) is 12.7.